The van der Waals surface area contributed by atoms with Crippen LogP contribution < -0.4 is 9.47 Å². The first-order valence-electron chi connectivity index (χ1n) is 6.04. The molecule has 0 radical (unpaired) electrons. The van der Waals surface area contributed by atoms with Crippen molar-refractivity contribution in [3.63, 3.8) is 0 Å². The van der Waals surface area contributed by atoms with Crippen molar-refractivity contribution < 1.29 is 14.6 Å². The van der Waals surface area contributed by atoms with Crippen LogP contribution in [0.3, 0.4) is 0 Å². The Morgan fingerprint density at radius 1 is 1.37 bits per heavy atom. The third-order valence-corrected chi connectivity index (χ3v) is 2.91. The fraction of sp³-hybridized carbons (Fsp3) is 0.357. The SMILES string of the molecule is COc1cccc(CO)c1OCc1cc(C)nn1C. The van der Waals surface area contributed by atoms with E-state index in [1.54, 1.807) is 11.8 Å². The lowest BCUT2D eigenvalue weighted by atomic mass is 10.2. The molecular formula is C14H18N2O3. The molecule has 0 aliphatic carbocycles. The Kier molecular flexibility index (Phi) is 4.06. The minimum Gasteiger partial charge on any atom is -0.493 e. The molecule has 2 rings (SSSR count). The maximum absolute atomic E-state index is 9.34. The predicted molar refractivity (Wildman–Crippen MR) is 71.2 cm³/mol. The number of aromatic nitrogens is 2. The number of aliphatic hydroxyl groups is 1. The lowest BCUT2D eigenvalue weighted by Gasteiger charge is -2.13. The summed E-state index contributed by atoms with van der Waals surface area (Å²) in [6, 6.07) is 7.41. The Labute approximate surface area is 112 Å². The molecule has 0 aliphatic rings. The molecule has 0 unspecified atom stereocenters. The number of methoxy groups -OCH3 is 1. The van der Waals surface area contributed by atoms with E-state index in [-0.39, 0.29) is 6.61 Å². The first-order chi connectivity index (χ1) is 9.15. The van der Waals surface area contributed by atoms with Crippen molar-refractivity contribution >= 4 is 0 Å². The summed E-state index contributed by atoms with van der Waals surface area (Å²) >= 11 is 0. The number of nitrogens with zero attached hydrogens (tertiary/aromatic N) is 2. The molecule has 1 aromatic heterocycles. The average molecular weight is 262 g/mol. The number of para-hydroxylation sites is 1. The Balaban J connectivity index is 2.21. The molecule has 5 nitrogen and oxygen atoms in total. The van der Waals surface area contributed by atoms with Crippen molar-refractivity contribution in [1.82, 2.24) is 9.78 Å². The van der Waals surface area contributed by atoms with Crippen molar-refractivity contribution in [2.45, 2.75) is 20.1 Å². The maximum atomic E-state index is 9.34. The van der Waals surface area contributed by atoms with Gasteiger partial charge in [-0.25, -0.2) is 0 Å². The van der Waals surface area contributed by atoms with Gasteiger partial charge in [0.25, 0.3) is 0 Å². The lowest BCUT2D eigenvalue weighted by molar-refractivity contribution is 0.246. The van der Waals surface area contributed by atoms with Crippen molar-refractivity contribution in [3.8, 4) is 11.5 Å². The van der Waals surface area contributed by atoms with Gasteiger partial charge in [-0.2, -0.15) is 5.10 Å². The summed E-state index contributed by atoms with van der Waals surface area (Å²) in [6.45, 7) is 2.23. The molecule has 1 aromatic carbocycles. The highest BCUT2D eigenvalue weighted by Crippen LogP contribution is 2.31. The van der Waals surface area contributed by atoms with Gasteiger partial charge in [0, 0.05) is 12.6 Å². The second-order valence-electron chi connectivity index (χ2n) is 4.30. The third kappa shape index (κ3) is 2.88. The van der Waals surface area contributed by atoms with Gasteiger partial charge in [-0.1, -0.05) is 12.1 Å². The number of benzene rings is 1. The molecule has 0 aliphatic heterocycles. The first kappa shape index (κ1) is 13.4. The van der Waals surface area contributed by atoms with E-state index in [4.69, 9.17) is 9.47 Å². The zero-order valence-corrected chi connectivity index (χ0v) is 11.4. The average Bonchev–Trinajstić information content (AvgIpc) is 2.74. The van der Waals surface area contributed by atoms with Crippen LogP contribution in [0.2, 0.25) is 0 Å². The summed E-state index contributed by atoms with van der Waals surface area (Å²) in [6.07, 6.45) is 0. The minimum atomic E-state index is -0.0864. The van der Waals surface area contributed by atoms with Crippen molar-refractivity contribution in [2.24, 2.45) is 7.05 Å². The Morgan fingerprint density at radius 2 is 2.16 bits per heavy atom. The molecule has 2 aromatic rings. The van der Waals surface area contributed by atoms with Gasteiger partial charge in [-0.05, 0) is 19.1 Å². The summed E-state index contributed by atoms with van der Waals surface area (Å²) in [4.78, 5) is 0. The topological polar surface area (TPSA) is 56.5 Å². The number of hydrogen-bond donors (Lipinski definition) is 1. The smallest absolute Gasteiger partial charge is 0.167 e. The molecule has 102 valence electrons. The van der Waals surface area contributed by atoms with Gasteiger partial charge in [0.2, 0.25) is 0 Å². The second-order valence-corrected chi connectivity index (χ2v) is 4.30. The van der Waals surface area contributed by atoms with E-state index < -0.39 is 0 Å². The fourth-order valence-corrected chi connectivity index (χ4v) is 1.96. The van der Waals surface area contributed by atoms with Crippen LogP contribution in [0.25, 0.3) is 0 Å². The quantitative estimate of drug-likeness (QED) is 0.892. The van der Waals surface area contributed by atoms with Gasteiger partial charge in [0.05, 0.1) is 25.1 Å². The summed E-state index contributed by atoms with van der Waals surface area (Å²) in [5.74, 6) is 1.19. The zero-order chi connectivity index (χ0) is 13.8. The third-order valence-electron chi connectivity index (χ3n) is 2.91. The van der Waals surface area contributed by atoms with E-state index in [0.717, 1.165) is 11.4 Å². The first-order valence-corrected chi connectivity index (χ1v) is 6.04. The summed E-state index contributed by atoms with van der Waals surface area (Å²) < 4.78 is 12.8. The molecule has 0 amide bonds. The van der Waals surface area contributed by atoms with E-state index in [2.05, 4.69) is 5.10 Å². The van der Waals surface area contributed by atoms with E-state index >= 15 is 0 Å². The normalized spacial score (nSPS) is 10.5. The fourth-order valence-electron chi connectivity index (χ4n) is 1.96. The maximum Gasteiger partial charge on any atom is 0.167 e. The van der Waals surface area contributed by atoms with Crippen molar-refractivity contribution in [1.29, 1.82) is 0 Å². The molecule has 0 fully saturated rings. The highest BCUT2D eigenvalue weighted by molar-refractivity contribution is 5.46. The van der Waals surface area contributed by atoms with Crippen LogP contribution in [0, 0.1) is 6.92 Å². The highest BCUT2D eigenvalue weighted by Gasteiger charge is 2.11. The molecule has 0 saturated heterocycles. The molecule has 0 saturated carbocycles. The van der Waals surface area contributed by atoms with Crippen LogP contribution in [-0.4, -0.2) is 22.0 Å². The van der Waals surface area contributed by atoms with E-state index in [9.17, 15) is 5.11 Å². The molecular weight excluding hydrogens is 244 g/mol. The van der Waals surface area contributed by atoms with Crippen LogP contribution in [-0.2, 0) is 20.3 Å². The Hall–Kier alpha value is -2.01. The molecule has 0 bridgehead atoms. The van der Waals surface area contributed by atoms with Gasteiger partial charge < -0.3 is 14.6 Å². The molecule has 0 spiro atoms. The van der Waals surface area contributed by atoms with Gasteiger partial charge in [-0.3, -0.25) is 4.68 Å². The molecule has 0 atom stereocenters. The summed E-state index contributed by atoms with van der Waals surface area (Å²) in [5, 5.41) is 13.6. The molecule has 5 heteroatoms. The van der Waals surface area contributed by atoms with E-state index in [1.165, 1.54) is 0 Å². The van der Waals surface area contributed by atoms with Gasteiger partial charge in [-0.15, -0.1) is 0 Å². The monoisotopic (exact) mass is 262 g/mol. The Bertz CT molecular complexity index is 542. The van der Waals surface area contributed by atoms with Crippen LogP contribution in [0.1, 0.15) is 17.0 Å². The van der Waals surface area contributed by atoms with Gasteiger partial charge in [0.15, 0.2) is 11.5 Å². The standard InChI is InChI=1S/C14H18N2O3/c1-10-7-12(16(2)15-10)9-19-14-11(8-17)5-4-6-13(14)18-3/h4-7,17H,8-9H2,1-3H3. The number of rotatable bonds is 5. The number of aryl methyl sites for hydroxylation is 2. The largest absolute Gasteiger partial charge is 0.493 e. The van der Waals surface area contributed by atoms with E-state index in [1.807, 2.05) is 38.2 Å². The van der Waals surface area contributed by atoms with Crippen LogP contribution in [0.15, 0.2) is 24.3 Å². The minimum absolute atomic E-state index is 0.0864. The van der Waals surface area contributed by atoms with E-state index in [0.29, 0.717) is 23.7 Å². The summed E-state index contributed by atoms with van der Waals surface area (Å²) in [5.41, 5.74) is 2.62. The number of aliphatic hydroxyl groups excluding tert-OH is 1. The van der Waals surface area contributed by atoms with Crippen molar-refractivity contribution in [3.05, 3.63) is 41.2 Å². The molecule has 19 heavy (non-hydrogen) atoms. The Morgan fingerprint density at radius 3 is 2.74 bits per heavy atom. The molecule has 1 N–H and O–H groups in total. The number of ether oxygens (including phenoxy) is 2. The van der Waals surface area contributed by atoms with Crippen LogP contribution >= 0.6 is 0 Å². The lowest BCUT2D eigenvalue weighted by Crippen LogP contribution is -2.05. The van der Waals surface area contributed by atoms with Gasteiger partial charge in [0.1, 0.15) is 6.61 Å². The molecule has 1 heterocycles. The van der Waals surface area contributed by atoms with Crippen molar-refractivity contribution in [2.75, 3.05) is 7.11 Å². The highest BCUT2D eigenvalue weighted by atomic mass is 16.5. The van der Waals surface area contributed by atoms with Crippen LogP contribution in [0.4, 0.5) is 0 Å². The van der Waals surface area contributed by atoms with Gasteiger partial charge >= 0.3 is 0 Å². The predicted octanol–water partition coefficient (Wildman–Crippen LogP) is 1.81. The second kappa shape index (κ2) is 5.75. The number of hydrogen-bond acceptors (Lipinski definition) is 4. The zero-order valence-electron chi connectivity index (χ0n) is 11.4. The summed E-state index contributed by atoms with van der Waals surface area (Å²) in [7, 11) is 3.46. The van der Waals surface area contributed by atoms with Crippen LogP contribution in [0.5, 0.6) is 11.5 Å².